The largest absolute Gasteiger partial charge is 0.573 e. The first-order chi connectivity index (χ1) is 9.40. The molecule has 0 aliphatic carbocycles. The summed E-state index contributed by atoms with van der Waals surface area (Å²) in [4.78, 5) is 3.84. The molecule has 1 aromatic heterocycles. The van der Waals surface area contributed by atoms with Crippen molar-refractivity contribution in [1.29, 1.82) is 0 Å². The fraction of sp³-hybridized carbons (Fsp3) is 0.154. The molecule has 0 bridgehead atoms. The van der Waals surface area contributed by atoms with Gasteiger partial charge in [-0.25, -0.2) is 4.98 Å². The lowest BCUT2D eigenvalue weighted by molar-refractivity contribution is -0.274. The molecule has 0 atom stereocenters. The molecular weight excluding hydrogens is 273 g/mol. The molecular formula is C13H11F3N2O2. The number of pyridine rings is 1. The highest BCUT2D eigenvalue weighted by Crippen LogP contribution is 2.34. The van der Waals surface area contributed by atoms with Crippen molar-refractivity contribution in [3.8, 4) is 16.9 Å². The number of hydrogen-bond donors (Lipinski definition) is 2. The predicted octanol–water partition coefficient (Wildman–Crippen LogP) is 2.72. The van der Waals surface area contributed by atoms with Crippen molar-refractivity contribution in [3.63, 3.8) is 0 Å². The van der Waals surface area contributed by atoms with Crippen LogP contribution in [-0.2, 0) is 6.61 Å². The monoisotopic (exact) mass is 284 g/mol. The first-order valence-corrected chi connectivity index (χ1v) is 5.61. The van der Waals surface area contributed by atoms with E-state index in [2.05, 4.69) is 9.72 Å². The van der Waals surface area contributed by atoms with Gasteiger partial charge in [-0.2, -0.15) is 0 Å². The summed E-state index contributed by atoms with van der Waals surface area (Å²) in [7, 11) is 0. The second-order valence-electron chi connectivity index (χ2n) is 3.97. The van der Waals surface area contributed by atoms with Crippen LogP contribution in [0.4, 0.5) is 19.0 Å². The predicted molar refractivity (Wildman–Crippen MR) is 66.7 cm³/mol. The van der Waals surface area contributed by atoms with Crippen LogP contribution in [0.2, 0.25) is 0 Å². The molecule has 1 aromatic carbocycles. The normalized spacial score (nSPS) is 11.4. The molecule has 7 heteroatoms. The van der Waals surface area contributed by atoms with Crippen molar-refractivity contribution in [2.45, 2.75) is 13.0 Å². The number of aliphatic hydroxyl groups excluding tert-OH is 1. The van der Waals surface area contributed by atoms with E-state index in [-0.39, 0.29) is 23.7 Å². The van der Waals surface area contributed by atoms with Gasteiger partial charge in [-0.1, -0.05) is 18.2 Å². The van der Waals surface area contributed by atoms with Gasteiger partial charge >= 0.3 is 6.36 Å². The molecule has 3 N–H and O–H groups in total. The molecule has 0 aliphatic heterocycles. The summed E-state index contributed by atoms with van der Waals surface area (Å²) in [6.07, 6.45) is -3.45. The molecule has 2 rings (SSSR count). The third-order valence-electron chi connectivity index (χ3n) is 2.60. The second-order valence-corrected chi connectivity index (χ2v) is 3.97. The Morgan fingerprint density at radius 3 is 2.60 bits per heavy atom. The fourth-order valence-corrected chi connectivity index (χ4v) is 1.71. The zero-order chi connectivity index (χ0) is 14.8. The van der Waals surface area contributed by atoms with E-state index in [4.69, 9.17) is 10.8 Å². The van der Waals surface area contributed by atoms with Gasteiger partial charge in [-0.05, 0) is 12.1 Å². The van der Waals surface area contributed by atoms with E-state index in [1.54, 1.807) is 6.07 Å². The number of ether oxygens (including phenoxy) is 1. The number of nitrogens with zero attached hydrogens (tertiary/aromatic N) is 1. The van der Waals surface area contributed by atoms with Gasteiger partial charge in [0.2, 0.25) is 0 Å². The molecule has 1 heterocycles. The number of hydrogen-bond acceptors (Lipinski definition) is 4. The minimum absolute atomic E-state index is 0.130. The topological polar surface area (TPSA) is 68.4 Å². The van der Waals surface area contributed by atoms with Gasteiger partial charge in [0, 0.05) is 22.9 Å². The highest BCUT2D eigenvalue weighted by atomic mass is 19.4. The van der Waals surface area contributed by atoms with Crippen LogP contribution in [0.25, 0.3) is 11.1 Å². The molecule has 0 fully saturated rings. The van der Waals surface area contributed by atoms with Crippen molar-refractivity contribution in [2.24, 2.45) is 0 Å². The lowest BCUT2D eigenvalue weighted by atomic mass is 10.0. The number of aromatic nitrogens is 1. The molecule has 4 nitrogen and oxygen atoms in total. The molecule has 20 heavy (non-hydrogen) atoms. The summed E-state index contributed by atoms with van der Waals surface area (Å²) in [5.74, 6) is -0.207. The Bertz CT molecular complexity index is 615. The maximum Gasteiger partial charge on any atom is 0.573 e. The van der Waals surface area contributed by atoms with E-state index in [0.29, 0.717) is 11.1 Å². The van der Waals surface area contributed by atoms with Gasteiger partial charge in [-0.15, -0.1) is 13.2 Å². The van der Waals surface area contributed by atoms with Gasteiger partial charge in [-0.3, -0.25) is 0 Å². The molecule has 0 saturated heterocycles. The van der Waals surface area contributed by atoms with E-state index in [1.807, 2.05) is 0 Å². The number of nitrogens with two attached hydrogens (primary N) is 1. The van der Waals surface area contributed by atoms with Crippen LogP contribution in [0.3, 0.4) is 0 Å². The summed E-state index contributed by atoms with van der Waals surface area (Å²) in [5, 5.41) is 9.11. The van der Waals surface area contributed by atoms with Crippen LogP contribution in [0.15, 0.2) is 36.5 Å². The fourth-order valence-electron chi connectivity index (χ4n) is 1.71. The van der Waals surface area contributed by atoms with Crippen LogP contribution in [-0.4, -0.2) is 16.5 Å². The number of benzene rings is 1. The molecule has 0 spiro atoms. The van der Waals surface area contributed by atoms with Crippen molar-refractivity contribution in [2.75, 3.05) is 5.73 Å². The molecule has 0 radical (unpaired) electrons. The van der Waals surface area contributed by atoms with Gasteiger partial charge in [0.05, 0.1) is 6.61 Å². The van der Waals surface area contributed by atoms with Crippen LogP contribution < -0.4 is 10.5 Å². The van der Waals surface area contributed by atoms with Crippen LogP contribution >= 0.6 is 0 Å². The first-order valence-electron chi connectivity index (χ1n) is 5.61. The van der Waals surface area contributed by atoms with E-state index >= 15 is 0 Å². The number of rotatable bonds is 3. The number of alkyl halides is 3. The van der Waals surface area contributed by atoms with Crippen LogP contribution in [0.5, 0.6) is 5.75 Å². The Hall–Kier alpha value is -2.28. The van der Waals surface area contributed by atoms with Crippen molar-refractivity contribution in [3.05, 3.63) is 42.1 Å². The van der Waals surface area contributed by atoms with E-state index in [0.717, 1.165) is 0 Å². The summed E-state index contributed by atoms with van der Waals surface area (Å²) < 4.78 is 41.0. The third kappa shape index (κ3) is 3.18. The number of halogens is 3. The van der Waals surface area contributed by atoms with E-state index < -0.39 is 6.36 Å². The van der Waals surface area contributed by atoms with Gasteiger partial charge in [0.25, 0.3) is 0 Å². The summed E-state index contributed by atoms with van der Waals surface area (Å²) in [6, 6.07) is 7.16. The van der Waals surface area contributed by atoms with Crippen molar-refractivity contribution < 1.29 is 23.0 Å². The molecule has 106 valence electrons. The second kappa shape index (κ2) is 5.38. The number of anilines is 1. The molecule has 2 aromatic rings. The quantitative estimate of drug-likeness (QED) is 0.909. The Morgan fingerprint density at radius 1 is 1.25 bits per heavy atom. The Labute approximate surface area is 112 Å². The standard InChI is InChI=1S/C13H11F3N2O2/c14-13(15,16)20-11-4-2-1-3-10(11)8-5-9(7-19)12(17)18-6-8/h1-6,19H,7H2,(H2,17,18). The molecule has 0 unspecified atom stereocenters. The highest BCUT2D eigenvalue weighted by molar-refractivity contribution is 5.71. The van der Waals surface area contributed by atoms with Crippen LogP contribution in [0, 0.1) is 0 Å². The van der Waals surface area contributed by atoms with Gasteiger partial charge in [0.1, 0.15) is 11.6 Å². The smallest absolute Gasteiger partial charge is 0.405 e. The molecule has 0 amide bonds. The summed E-state index contributed by atoms with van der Waals surface area (Å²) in [5.41, 5.74) is 6.47. The lowest BCUT2D eigenvalue weighted by Crippen LogP contribution is -2.17. The maximum absolute atomic E-state index is 12.3. The zero-order valence-electron chi connectivity index (χ0n) is 10.2. The summed E-state index contributed by atoms with van der Waals surface area (Å²) in [6.45, 7) is -0.352. The van der Waals surface area contributed by atoms with Crippen molar-refractivity contribution >= 4 is 5.82 Å². The average molecular weight is 284 g/mol. The van der Waals surface area contributed by atoms with Crippen molar-refractivity contribution in [1.82, 2.24) is 4.98 Å². The minimum atomic E-state index is -4.78. The maximum atomic E-state index is 12.3. The zero-order valence-corrected chi connectivity index (χ0v) is 10.2. The Kier molecular flexibility index (Phi) is 3.80. The minimum Gasteiger partial charge on any atom is -0.405 e. The lowest BCUT2D eigenvalue weighted by Gasteiger charge is -2.13. The summed E-state index contributed by atoms with van der Waals surface area (Å²) >= 11 is 0. The third-order valence-corrected chi connectivity index (χ3v) is 2.60. The number of nitrogen functional groups attached to an aromatic ring is 1. The Balaban J connectivity index is 2.47. The van der Waals surface area contributed by atoms with Crippen LogP contribution in [0.1, 0.15) is 5.56 Å². The molecule has 0 saturated carbocycles. The molecule has 0 aliphatic rings. The Morgan fingerprint density at radius 2 is 1.95 bits per heavy atom. The SMILES string of the molecule is Nc1ncc(-c2ccccc2OC(F)(F)F)cc1CO. The highest BCUT2D eigenvalue weighted by Gasteiger charge is 2.32. The van der Waals surface area contributed by atoms with Gasteiger partial charge < -0.3 is 15.6 Å². The van der Waals surface area contributed by atoms with E-state index in [1.165, 1.54) is 30.5 Å². The van der Waals surface area contributed by atoms with E-state index in [9.17, 15) is 13.2 Å². The first kappa shape index (κ1) is 14.1. The average Bonchev–Trinajstić information content (AvgIpc) is 2.38. The number of para-hydroxylation sites is 1. The van der Waals surface area contributed by atoms with Gasteiger partial charge in [0.15, 0.2) is 0 Å². The number of aliphatic hydroxyl groups is 1.